The van der Waals surface area contributed by atoms with E-state index in [1.165, 1.54) is 0 Å². The van der Waals surface area contributed by atoms with Crippen molar-refractivity contribution in [3.8, 4) is 17.1 Å². The Kier molecular flexibility index (Phi) is 8.26. The maximum atomic E-state index is 12.9. The summed E-state index contributed by atoms with van der Waals surface area (Å²) in [6.45, 7) is 7.02. The van der Waals surface area contributed by atoms with Crippen molar-refractivity contribution in [3.63, 3.8) is 0 Å². The average Bonchev–Trinajstić information content (AvgIpc) is 2.99. The van der Waals surface area contributed by atoms with Crippen molar-refractivity contribution in [1.29, 1.82) is 0 Å². The van der Waals surface area contributed by atoms with Gasteiger partial charge < -0.3 is 19.3 Å². The maximum absolute atomic E-state index is 12.9. The normalized spacial score (nSPS) is 14.4. The second kappa shape index (κ2) is 11.1. The van der Waals surface area contributed by atoms with E-state index < -0.39 is 0 Å². The van der Waals surface area contributed by atoms with Gasteiger partial charge in [0.2, 0.25) is 5.91 Å². The Hall–Kier alpha value is -2.88. The van der Waals surface area contributed by atoms with Gasteiger partial charge in [-0.2, -0.15) is 5.10 Å². The maximum Gasteiger partial charge on any atom is 0.409 e. The summed E-state index contributed by atoms with van der Waals surface area (Å²) < 4.78 is 12.8. The van der Waals surface area contributed by atoms with Gasteiger partial charge in [-0.05, 0) is 48.8 Å². The van der Waals surface area contributed by atoms with Gasteiger partial charge in [-0.15, -0.1) is 0 Å². The molecule has 1 N–H and O–H groups in total. The van der Waals surface area contributed by atoms with Gasteiger partial charge in [0.1, 0.15) is 5.75 Å². The number of methoxy groups -OCH3 is 1. The molecule has 1 fully saturated rings. The van der Waals surface area contributed by atoms with E-state index in [9.17, 15) is 9.59 Å². The zero-order valence-electron chi connectivity index (χ0n) is 18.9. The predicted octanol–water partition coefficient (Wildman–Crippen LogP) is 3.33. The number of aromatic amines is 1. The number of amides is 2. The summed E-state index contributed by atoms with van der Waals surface area (Å²) in [5.41, 5.74) is 0.885. The van der Waals surface area contributed by atoms with Crippen LogP contribution in [0.15, 0.2) is 24.3 Å². The Morgan fingerprint density at radius 2 is 1.81 bits per heavy atom. The third kappa shape index (κ3) is 6.09. The quantitative estimate of drug-likeness (QED) is 0.636. The highest BCUT2D eigenvalue weighted by Crippen LogP contribution is 2.21. The molecule has 2 aromatic rings. The number of carbonyl (C=O) groups excluding carboxylic acids is 2. The average molecular weight is 462 g/mol. The summed E-state index contributed by atoms with van der Waals surface area (Å²) in [7, 11) is 1.62. The molecule has 1 aromatic carbocycles. The number of ether oxygens (including phenoxy) is 2. The number of hydrogen-bond donors (Lipinski definition) is 1. The van der Waals surface area contributed by atoms with E-state index in [2.05, 4.69) is 10.2 Å². The van der Waals surface area contributed by atoms with E-state index in [4.69, 9.17) is 21.7 Å². The first-order chi connectivity index (χ1) is 15.4. The Labute approximate surface area is 193 Å². The number of nitrogens with one attached hydrogen (secondary N) is 1. The van der Waals surface area contributed by atoms with Gasteiger partial charge in [0.15, 0.2) is 10.6 Å². The van der Waals surface area contributed by atoms with E-state index in [1.807, 2.05) is 47.6 Å². The summed E-state index contributed by atoms with van der Waals surface area (Å²) in [5.74, 6) is 1.76. The molecular weight excluding hydrogens is 430 g/mol. The lowest BCUT2D eigenvalue weighted by Gasteiger charge is -2.22. The van der Waals surface area contributed by atoms with Crippen LogP contribution in [0.1, 0.15) is 26.7 Å². The molecule has 9 nitrogen and oxygen atoms in total. The van der Waals surface area contributed by atoms with E-state index >= 15 is 0 Å². The Morgan fingerprint density at radius 3 is 2.50 bits per heavy atom. The summed E-state index contributed by atoms with van der Waals surface area (Å²) >= 11 is 5.38. The molecule has 174 valence electrons. The highest BCUT2D eigenvalue weighted by Gasteiger charge is 2.23. The minimum absolute atomic E-state index is 0.0335. The molecule has 2 amide bonds. The smallest absolute Gasteiger partial charge is 0.409 e. The first-order valence-corrected chi connectivity index (χ1v) is 11.3. The lowest BCUT2D eigenvalue weighted by atomic mass is 10.2. The van der Waals surface area contributed by atoms with Crippen molar-refractivity contribution in [2.24, 2.45) is 5.92 Å². The van der Waals surface area contributed by atoms with E-state index in [1.54, 1.807) is 12.0 Å². The molecule has 1 aliphatic heterocycles. The summed E-state index contributed by atoms with van der Waals surface area (Å²) in [4.78, 5) is 28.6. The number of rotatable bonds is 7. The molecule has 1 saturated heterocycles. The predicted molar refractivity (Wildman–Crippen MR) is 123 cm³/mol. The third-order valence-electron chi connectivity index (χ3n) is 5.30. The number of H-pyrrole nitrogens is 1. The standard InChI is InChI=1S/C22H31N5O4S/c1-16(2)15-31-22(29)26-11-4-10-25(13-14-26)19(28)9-12-27-20(23-24-21(27)32)17-5-7-18(30-3)8-6-17/h5-8,16H,4,9-15H2,1-3H3,(H,24,32). The molecule has 10 heteroatoms. The highest BCUT2D eigenvalue weighted by atomic mass is 32.1. The summed E-state index contributed by atoms with van der Waals surface area (Å²) in [6.07, 6.45) is 0.723. The zero-order chi connectivity index (χ0) is 23.1. The van der Waals surface area contributed by atoms with Crippen LogP contribution in [-0.2, 0) is 16.1 Å². The lowest BCUT2D eigenvalue weighted by molar-refractivity contribution is -0.131. The molecule has 0 radical (unpaired) electrons. The van der Waals surface area contributed by atoms with Gasteiger partial charge in [0.05, 0.1) is 13.7 Å². The Bertz CT molecular complexity index is 969. The van der Waals surface area contributed by atoms with Gasteiger partial charge in [-0.3, -0.25) is 14.5 Å². The third-order valence-corrected chi connectivity index (χ3v) is 5.61. The monoisotopic (exact) mass is 461 g/mol. The van der Waals surface area contributed by atoms with Crippen LogP contribution in [0.3, 0.4) is 0 Å². The number of nitrogens with zero attached hydrogens (tertiary/aromatic N) is 4. The van der Waals surface area contributed by atoms with Gasteiger partial charge in [0.25, 0.3) is 0 Å². The Morgan fingerprint density at radius 1 is 1.12 bits per heavy atom. The van der Waals surface area contributed by atoms with Crippen molar-refractivity contribution in [3.05, 3.63) is 29.0 Å². The van der Waals surface area contributed by atoms with Crippen LogP contribution in [-0.4, -0.2) is 76.5 Å². The van der Waals surface area contributed by atoms with Gasteiger partial charge in [-0.1, -0.05) is 13.8 Å². The molecule has 1 aliphatic rings. The van der Waals surface area contributed by atoms with Crippen LogP contribution < -0.4 is 4.74 Å². The van der Waals surface area contributed by atoms with Crippen LogP contribution in [0.2, 0.25) is 0 Å². The first kappa shape index (κ1) is 23.8. The molecular formula is C22H31N5O4S. The van der Waals surface area contributed by atoms with Crippen molar-refractivity contribution in [2.75, 3.05) is 39.9 Å². The van der Waals surface area contributed by atoms with Crippen molar-refractivity contribution in [1.82, 2.24) is 24.6 Å². The van der Waals surface area contributed by atoms with E-state index in [0.717, 1.165) is 17.7 Å². The summed E-state index contributed by atoms with van der Waals surface area (Å²) in [5, 5.41) is 7.15. The lowest BCUT2D eigenvalue weighted by Crippen LogP contribution is -2.38. The molecule has 0 atom stereocenters. The molecule has 1 aromatic heterocycles. The number of aromatic nitrogens is 3. The van der Waals surface area contributed by atoms with Crippen molar-refractivity contribution in [2.45, 2.75) is 33.2 Å². The molecule has 0 aliphatic carbocycles. The van der Waals surface area contributed by atoms with Gasteiger partial charge in [0, 0.05) is 44.7 Å². The van der Waals surface area contributed by atoms with Crippen LogP contribution in [0.5, 0.6) is 5.75 Å². The van der Waals surface area contributed by atoms with Crippen LogP contribution in [0.25, 0.3) is 11.4 Å². The fourth-order valence-electron chi connectivity index (χ4n) is 3.53. The SMILES string of the molecule is COc1ccc(-c2n[nH]c(=S)n2CCC(=O)N2CCCN(C(=O)OCC(C)C)CC2)cc1. The number of hydrogen-bond acceptors (Lipinski definition) is 6. The highest BCUT2D eigenvalue weighted by molar-refractivity contribution is 7.71. The molecule has 0 spiro atoms. The molecule has 32 heavy (non-hydrogen) atoms. The zero-order valence-corrected chi connectivity index (χ0v) is 19.7. The van der Waals surface area contributed by atoms with E-state index in [0.29, 0.717) is 62.3 Å². The Balaban J connectivity index is 1.57. The van der Waals surface area contributed by atoms with Crippen molar-refractivity contribution < 1.29 is 19.1 Å². The minimum Gasteiger partial charge on any atom is -0.497 e. The molecule has 2 heterocycles. The van der Waals surface area contributed by atoms with Crippen LogP contribution >= 0.6 is 12.2 Å². The number of carbonyl (C=O) groups is 2. The van der Waals surface area contributed by atoms with Crippen molar-refractivity contribution >= 4 is 24.2 Å². The van der Waals surface area contributed by atoms with Gasteiger partial charge in [-0.25, -0.2) is 4.79 Å². The molecule has 0 unspecified atom stereocenters. The summed E-state index contributed by atoms with van der Waals surface area (Å²) in [6, 6.07) is 7.53. The largest absolute Gasteiger partial charge is 0.497 e. The second-order valence-corrected chi connectivity index (χ2v) is 8.56. The molecule has 0 saturated carbocycles. The first-order valence-electron chi connectivity index (χ1n) is 10.9. The topological polar surface area (TPSA) is 92.7 Å². The fraction of sp³-hybridized carbons (Fsp3) is 0.545. The fourth-order valence-corrected chi connectivity index (χ4v) is 3.75. The van der Waals surface area contributed by atoms with Crippen LogP contribution in [0.4, 0.5) is 4.79 Å². The molecule has 3 rings (SSSR count). The second-order valence-electron chi connectivity index (χ2n) is 8.17. The van der Waals surface area contributed by atoms with E-state index in [-0.39, 0.29) is 12.0 Å². The van der Waals surface area contributed by atoms with Crippen LogP contribution in [0, 0.1) is 10.7 Å². The van der Waals surface area contributed by atoms with Gasteiger partial charge >= 0.3 is 6.09 Å². The number of benzene rings is 1. The minimum atomic E-state index is -0.304. The molecule has 0 bridgehead atoms.